The molecule has 1 aliphatic carbocycles. The maximum Gasteiger partial charge on any atom is 0.183 e. The van der Waals surface area contributed by atoms with Gasteiger partial charge < -0.3 is 0 Å². The summed E-state index contributed by atoms with van der Waals surface area (Å²) in [6.07, 6.45) is 6.15. The predicted octanol–water partition coefficient (Wildman–Crippen LogP) is 2.24. The number of rotatable bonds is 3. The minimum absolute atomic E-state index is 0.0315. The van der Waals surface area contributed by atoms with E-state index in [-0.39, 0.29) is 11.5 Å². The zero-order chi connectivity index (χ0) is 19.2. The predicted molar refractivity (Wildman–Crippen MR) is 106 cm³/mol. The molecule has 0 radical (unpaired) electrons. The van der Waals surface area contributed by atoms with Crippen molar-refractivity contribution in [2.75, 3.05) is 24.6 Å². The average molecular weight is 412 g/mol. The van der Waals surface area contributed by atoms with E-state index in [1.54, 1.807) is 6.07 Å². The topological polar surface area (TPSA) is 71.5 Å². The summed E-state index contributed by atoms with van der Waals surface area (Å²) in [7, 11) is -7.01. The van der Waals surface area contributed by atoms with Gasteiger partial charge in [-0.1, -0.05) is 13.0 Å². The maximum absolute atomic E-state index is 13.4. The Morgan fingerprint density at radius 3 is 2.37 bits per heavy atom. The van der Waals surface area contributed by atoms with E-state index in [9.17, 15) is 16.8 Å². The van der Waals surface area contributed by atoms with Crippen LogP contribution in [-0.2, 0) is 32.5 Å². The van der Waals surface area contributed by atoms with Crippen LogP contribution in [0.5, 0.6) is 0 Å². The fraction of sp³-hybridized carbons (Fsp3) is 0.700. The Hall–Kier alpha value is -0.920. The van der Waals surface area contributed by atoms with Crippen molar-refractivity contribution in [3.8, 4) is 0 Å². The number of benzene rings is 1. The minimum atomic E-state index is -3.68. The summed E-state index contributed by atoms with van der Waals surface area (Å²) in [6.45, 7) is 3.78. The molecule has 0 spiro atoms. The molecule has 0 saturated carbocycles. The molecule has 0 aromatic heterocycles. The van der Waals surface area contributed by atoms with Crippen LogP contribution in [0.4, 0.5) is 0 Å². The fourth-order valence-corrected chi connectivity index (χ4v) is 9.73. The monoisotopic (exact) mass is 411 g/mol. The number of hydrogen-bond acceptors (Lipinski definition) is 5. The van der Waals surface area contributed by atoms with Crippen LogP contribution in [0.3, 0.4) is 0 Å². The largest absolute Gasteiger partial charge is 0.298 e. The molecule has 0 bridgehead atoms. The van der Waals surface area contributed by atoms with Crippen molar-refractivity contribution in [1.29, 1.82) is 0 Å². The smallest absolute Gasteiger partial charge is 0.183 e. The van der Waals surface area contributed by atoms with Crippen LogP contribution in [0.2, 0.25) is 0 Å². The van der Waals surface area contributed by atoms with E-state index in [1.165, 1.54) is 5.56 Å². The molecule has 0 N–H and O–H groups in total. The van der Waals surface area contributed by atoms with E-state index in [2.05, 4.69) is 11.8 Å². The first kappa shape index (κ1) is 19.4. The molecule has 2 heterocycles. The number of likely N-dealkylation sites (tertiary alicyclic amines) is 1. The highest BCUT2D eigenvalue weighted by Crippen LogP contribution is 2.33. The summed E-state index contributed by atoms with van der Waals surface area (Å²) in [4.78, 5) is 2.42. The lowest BCUT2D eigenvalue weighted by atomic mass is 9.92. The van der Waals surface area contributed by atoms with Crippen molar-refractivity contribution in [2.24, 2.45) is 5.92 Å². The molecular weight excluding hydrogens is 382 g/mol. The maximum atomic E-state index is 13.4. The highest BCUT2D eigenvalue weighted by Gasteiger charge is 2.48. The average Bonchev–Trinajstić information content (AvgIpc) is 2.98. The Bertz CT molecular complexity index is 915. The van der Waals surface area contributed by atoms with E-state index in [0.717, 1.165) is 57.2 Å². The SMILES string of the molecule is CC1CCN([C@H]2CS(=O)(=O)C[C@@H]2S(=O)(=O)c2ccc3c(c2)CCCC3)CC1. The van der Waals surface area contributed by atoms with Gasteiger partial charge in [0.05, 0.1) is 21.7 Å². The molecule has 2 atom stereocenters. The van der Waals surface area contributed by atoms with Gasteiger partial charge >= 0.3 is 0 Å². The number of nitrogens with zero attached hydrogens (tertiary/aromatic N) is 1. The summed E-state index contributed by atoms with van der Waals surface area (Å²) in [5.74, 6) is 0.342. The van der Waals surface area contributed by atoms with Crippen molar-refractivity contribution < 1.29 is 16.8 Å². The van der Waals surface area contributed by atoms with Crippen LogP contribution in [0, 0.1) is 5.92 Å². The first-order chi connectivity index (χ1) is 12.8. The minimum Gasteiger partial charge on any atom is -0.298 e. The molecule has 1 aromatic rings. The van der Waals surface area contributed by atoms with Crippen LogP contribution in [0.1, 0.15) is 43.7 Å². The van der Waals surface area contributed by atoms with Crippen molar-refractivity contribution in [3.63, 3.8) is 0 Å². The van der Waals surface area contributed by atoms with Gasteiger partial charge in [-0.25, -0.2) is 16.8 Å². The lowest BCUT2D eigenvalue weighted by molar-refractivity contribution is 0.151. The van der Waals surface area contributed by atoms with Gasteiger partial charge in [-0.2, -0.15) is 0 Å². The molecule has 7 heteroatoms. The number of hydrogen-bond donors (Lipinski definition) is 0. The van der Waals surface area contributed by atoms with Gasteiger partial charge in [-0.3, -0.25) is 4.90 Å². The zero-order valence-corrected chi connectivity index (χ0v) is 17.6. The molecule has 0 amide bonds. The third kappa shape index (κ3) is 3.83. The normalized spacial score (nSPS) is 29.5. The second kappa shape index (κ2) is 7.16. The Morgan fingerprint density at radius 1 is 1.00 bits per heavy atom. The quantitative estimate of drug-likeness (QED) is 0.763. The molecule has 2 saturated heterocycles. The standard InChI is InChI=1S/C20H29NO4S2/c1-15-8-10-21(11-9-15)19-13-26(22,23)14-20(19)27(24,25)18-7-6-16-4-2-3-5-17(16)12-18/h6-7,12,15,19-20H,2-5,8-11,13-14H2,1H3/t19-,20-/m0/s1. The number of sulfone groups is 2. The van der Waals surface area contributed by atoms with Gasteiger partial charge in [0.15, 0.2) is 19.7 Å². The van der Waals surface area contributed by atoms with Crippen LogP contribution < -0.4 is 0 Å². The van der Waals surface area contributed by atoms with E-state index >= 15 is 0 Å². The third-order valence-corrected chi connectivity index (χ3v) is 10.7. The molecule has 5 nitrogen and oxygen atoms in total. The highest BCUT2D eigenvalue weighted by molar-refractivity contribution is 7.96. The van der Waals surface area contributed by atoms with E-state index in [4.69, 9.17) is 0 Å². The first-order valence-corrected chi connectivity index (χ1v) is 13.4. The van der Waals surface area contributed by atoms with Crippen molar-refractivity contribution >= 4 is 19.7 Å². The van der Waals surface area contributed by atoms with E-state index in [1.807, 2.05) is 12.1 Å². The number of aryl methyl sites for hydroxylation is 2. The number of piperidine rings is 1. The van der Waals surface area contributed by atoms with Crippen LogP contribution in [-0.4, -0.2) is 57.6 Å². The molecule has 1 aromatic carbocycles. The molecule has 2 fully saturated rings. The molecule has 27 heavy (non-hydrogen) atoms. The Balaban J connectivity index is 1.66. The summed E-state index contributed by atoms with van der Waals surface area (Å²) < 4.78 is 51.6. The zero-order valence-electron chi connectivity index (χ0n) is 15.9. The molecule has 0 unspecified atom stereocenters. The Morgan fingerprint density at radius 2 is 1.67 bits per heavy atom. The molecule has 150 valence electrons. The summed E-state index contributed by atoms with van der Waals surface area (Å²) in [5.41, 5.74) is 2.35. The fourth-order valence-electron chi connectivity index (χ4n) is 4.86. The lowest BCUT2D eigenvalue weighted by Gasteiger charge is -2.36. The summed E-state index contributed by atoms with van der Waals surface area (Å²) in [5, 5.41) is -0.849. The molecule has 3 aliphatic rings. The molecular formula is C20H29NO4S2. The van der Waals surface area contributed by atoms with E-state index in [0.29, 0.717) is 10.8 Å². The van der Waals surface area contributed by atoms with Gasteiger partial charge in [0, 0.05) is 6.04 Å². The van der Waals surface area contributed by atoms with Crippen LogP contribution >= 0.6 is 0 Å². The van der Waals surface area contributed by atoms with Gasteiger partial charge in [-0.05, 0) is 80.8 Å². The van der Waals surface area contributed by atoms with E-state index < -0.39 is 31.0 Å². The Kier molecular flexibility index (Phi) is 5.14. The van der Waals surface area contributed by atoms with Crippen molar-refractivity contribution in [2.45, 2.75) is 61.6 Å². The van der Waals surface area contributed by atoms with Gasteiger partial charge in [0.2, 0.25) is 0 Å². The van der Waals surface area contributed by atoms with Gasteiger partial charge in [-0.15, -0.1) is 0 Å². The first-order valence-electron chi connectivity index (χ1n) is 10.1. The van der Waals surface area contributed by atoms with Crippen LogP contribution in [0.25, 0.3) is 0 Å². The summed E-state index contributed by atoms with van der Waals surface area (Å²) in [6, 6.07) is 5.02. The van der Waals surface area contributed by atoms with Crippen molar-refractivity contribution in [1.82, 2.24) is 4.90 Å². The Labute approximate surface area is 163 Å². The van der Waals surface area contributed by atoms with Crippen LogP contribution in [0.15, 0.2) is 23.1 Å². The lowest BCUT2D eigenvalue weighted by Crippen LogP contribution is -2.49. The van der Waals surface area contributed by atoms with Crippen molar-refractivity contribution in [3.05, 3.63) is 29.3 Å². The van der Waals surface area contributed by atoms with Gasteiger partial charge in [0.1, 0.15) is 0 Å². The second-order valence-electron chi connectivity index (χ2n) is 8.58. The number of fused-ring (bicyclic) bond motifs is 1. The second-order valence-corrected chi connectivity index (χ2v) is 12.9. The highest BCUT2D eigenvalue weighted by atomic mass is 32.2. The summed E-state index contributed by atoms with van der Waals surface area (Å²) >= 11 is 0. The molecule has 2 aliphatic heterocycles. The molecule has 4 rings (SSSR count). The third-order valence-electron chi connectivity index (χ3n) is 6.61. The van der Waals surface area contributed by atoms with Gasteiger partial charge in [0.25, 0.3) is 0 Å².